The van der Waals surface area contributed by atoms with Gasteiger partial charge in [-0.15, -0.1) is 10.2 Å². The van der Waals surface area contributed by atoms with Crippen molar-refractivity contribution in [2.45, 2.75) is 26.3 Å². The highest BCUT2D eigenvalue weighted by molar-refractivity contribution is 5.79. The van der Waals surface area contributed by atoms with E-state index in [4.69, 9.17) is 0 Å². The SMILES string of the molecule is CN=C(NCc1nnc2ccccn12)NCC(c1ccccc1)C(C)C. The summed E-state index contributed by atoms with van der Waals surface area (Å²) >= 11 is 0. The fourth-order valence-corrected chi connectivity index (χ4v) is 3.04. The Balaban J connectivity index is 1.61. The van der Waals surface area contributed by atoms with Crippen molar-refractivity contribution in [1.29, 1.82) is 0 Å². The second-order valence-electron chi connectivity index (χ2n) is 6.61. The number of aromatic nitrogens is 3. The molecule has 0 saturated carbocycles. The molecule has 0 aliphatic heterocycles. The van der Waals surface area contributed by atoms with Crippen LogP contribution in [0.1, 0.15) is 31.2 Å². The van der Waals surface area contributed by atoms with Gasteiger partial charge in [0, 0.05) is 25.7 Å². The number of hydrogen-bond acceptors (Lipinski definition) is 3. The summed E-state index contributed by atoms with van der Waals surface area (Å²) in [5.74, 6) is 2.57. The van der Waals surface area contributed by atoms with Gasteiger partial charge in [-0.3, -0.25) is 9.39 Å². The van der Waals surface area contributed by atoms with Crippen LogP contribution in [0.4, 0.5) is 0 Å². The van der Waals surface area contributed by atoms with Gasteiger partial charge >= 0.3 is 0 Å². The van der Waals surface area contributed by atoms with Gasteiger partial charge in [0.1, 0.15) is 0 Å². The molecule has 3 aromatic rings. The molecule has 0 fully saturated rings. The van der Waals surface area contributed by atoms with E-state index >= 15 is 0 Å². The molecule has 2 aromatic heterocycles. The van der Waals surface area contributed by atoms with Gasteiger partial charge in [0.05, 0.1) is 6.54 Å². The Morgan fingerprint density at radius 1 is 1.04 bits per heavy atom. The number of aliphatic imine (C=N–C) groups is 1. The molecule has 0 saturated heterocycles. The van der Waals surface area contributed by atoms with Crippen molar-refractivity contribution < 1.29 is 0 Å². The summed E-state index contributed by atoms with van der Waals surface area (Å²) in [7, 11) is 1.78. The first kappa shape index (κ1) is 17.9. The van der Waals surface area contributed by atoms with E-state index in [-0.39, 0.29) is 0 Å². The number of guanidine groups is 1. The smallest absolute Gasteiger partial charge is 0.191 e. The van der Waals surface area contributed by atoms with Gasteiger partial charge in [-0.2, -0.15) is 0 Å². The fraction of sp³-hybridized carbons (Fsp3) is 0.350. The van der Waals surface area contributed by atoms with E-state index < -0.39 is 0 Å². The standard InChI is InChI=1S/C20H26N6/c1-15(2)17(16-9-5-4-6-10-16)13-22-20(21-3)23-14-19-25-24-18-11-7-8-12-26(18)19/h4-12,15,17H,13-14H2,1-3H3,(H2,21,22,23). The van der Waals surface area contributed by atoms with Crippen LogP contribution < -0.4 is 10.6 Å². The van der Waals surface area contributed by atoms with Crippen molar-refractivity contribution in [2.75, 3.05) is 13.6 Å². The molecule has 0 amide bonds. The molecular weight excluding hydrogens is 324 g/mol. The second-order valence-corrected chi connectivity index (χ2v) is 6.61. The lowest BCUT2D eigenvalue weighted by atomic mass is 9.88. The molecule has 6 heteroatoms. The molecule has 1 atom stereocenters. The molecule has 26 heavy (non-hydrogen) atoms. The van der Waals surface area contributed by atoms with E-state index in [0.717, 1.165) is 24.0 Å². The summed E-state index contributed by atoms with van der Waals surface area (Å²) in [6.07, 6.45) is 1.97. The van der Waals surface area contributed by atoms with Crippen LogP contribution in [0.25, 0.3) is 5.65 Å². The predicted molar refractivity (Wildman–Crippen MR) is 105 cm³/mol. The zero-order chi connectivity index (χ0) is 18.4. The molecule has 6 nitrogen and oxygen atoms in total. The summed E-state index contributed by atoms with van der Waals surface area (Å²) in [5, 5.41) is 15.2. The molecule has 2 heterocycles. The first-order valence-corrected chi connectivity index (χ1v) is 8.97. The molecule has 2 N–H and O–H groups in total. The van der Waals surface area contributed by atoms with Crippen molar-refractivity contribution in [3.63, 3.8) is 0 Å². The Morgan fingerprint density at radius 3 is 2.54 bits per heavy atom. The number of pyridine rings is 1. The van der Waals surface area contributed by atoms with Gasteiger partial charge in [-0.05, 0) is 23.6 Å². The summed E-state index contributed by atoms with van der Waals surface area (Å²) in [4.78, 5) is 4.33. The van der Waals surface area contributed by atoms with E-state index in [9.17, 15) is 0 Å². The van der Waals surface area contributed by atoms with Crippen molar-refractivity contribution in [3.05, 3.63) is 66.1 Å². The Labute approximate surface area is 154 Å². The number of nitrogens with zero attached hydrogens (tertiary/aromatic N) is 4. The monoisotopic (exact) mass is 350 g/mol. The number of hydrogen-bond donors (Lipinski definition) is 2. The lowest BCUT2D eigenvalue weighted by Gasteiger charge is -2.23. The zero-order valence-electron chi connectivity index (χ0n) is 15.6. The average molecular weight is 350 g/mol. The topological polar surface area (TPSA) is 66.6 Å². The number of rotatable bonds is 6. The minimum Gasteiger partial charge on any atom is -0.356 e. The van der Waals surface area contributed by atoms with E-state index in [1.807, 2.05) is 28.8 Å². The first-order chi connectivity index (χ1) is 12.7. The van der Waals surface area contributed by atoms with E-state index in [0.29, 0.717) is 18.4 Å². The fourth-order valence-electron chi connectivity index (χ4n) is 3.04. The van der Waals surface area contributed by atoms with Crippen molar-refractivity contribution in [3.8, 4) is 0 Å². The summed E-state index contributed by atoms with van der Waals surface area (Å²) in [6, 6.07) is 16.5. The van der Waals surface area contributed by atoms with E-state index in [1.54, 1.807) is 7.05 Å². The quantitative estimate of drug-likeness (QED) is 0.530. The normalized spacial score (nSPS) is 13.2. The number of fused-ring (bicyclic) bond motifs is 1. The molecule has 0 aliphatic rings. The Morgan fingerprint density at radius 2 is 1.81 bits per heavy atom. The maximum atomic E-state index is 4.33. The van der Waals surface area contributed by atoms with Crippen LogP contribution in [0.3, 0.4) is 0 Å². The summed E-state index contributed by atoms with van der Waals surface area (Å²) in [6.45, 7) is 5.88. The molecule has 136 valence electrons. The Hall–Kier alpha value is -2.89. The molecule has 0 spiro atoms. The maximum Gasteiger partial charge on any atom is 0.191 e. The van der Waals surface area contributed by atoms with Crippen LogP contribution >= 0.6 is 0 Å². The summed E-state index contributed by atoms with van der Waals surface area (Å²) < 4.78 is 1.97. The lowest BCUT2D eigenvalue weighted by molar-refractivity contribution is 0.488. The number of nitrogens with one attached hydrogen (secondary N) is 2. The van der Waals surface area contributed by atoms with Crippen molar-refractivity contribution in [1.82, 2.24) is 25.2 Å². The highest BCUT2D eigenvalue weighted by Gasteiger charge is 2.16. The van der Waals surface area contributed by atoms with Crippen LogP contribution in [-0.2, 0) is 6.54 Å². The van der Waals surface area contributed by atoms with Gasteiger partial charge < -0.3 is 10.6 Å². The third-order valence-corrected chi connectivity index (χ3v) is 4.54. The largest absolute Gasteiger partial charge is 0.356 e. The van der Waals surface area contributed by atoms with Gasteiger partial charge in [-0.1, -0.05) is 50.2 Å². The van der Waals surface area contributed by atoms with Gasteiger partial charge in [-0.25, -0.2) is 0 Å². The minimum atomic E-state index is 0.420. The van der Waals surface area contributed by atoms with Crippen LogP contribution in [0, 0.1) is 5.92 Å². The molecule has 3 rings (SSSR count). The zero-order valence-corrected chi connectivity index (χ0v) is 15.6. The van der Waals surface area contributed by atoms with E-state index in [2.05, 4.69) is 70.0 Å². The van der Waals surface area contributed by atoms with Gasteiger partial charge in [0.25, 0.3) is 0 Å². The average Bonchev–Trinajstić information content (AvgIpc) is 3.08. The Kier molecular flexibility index (Phi) is 5.84. The van der Waals surface area contributed by atoms with Crippen molar-refractivity contribution >= 4 is 11.6 Å². The lowest BCUT2D eigenvalue weighted by Crippen LogP contribution is -2.40. The van der Waals surface area contributed by atoms with Crippen molar-refractivity contribution in [2.24, 2.45) is 10.9 Å². The molecule has 0 bridgehead atoms. The highest BCUT2D eigenvalue weighted by Crippen LogP contribution is 2.23. The third-order valence-electron chi connectivity index (χ3n) is 4.54. The maximum absolute atomic E-state index is 4.33. The molecule has 1 aromatic carbocycles. The highest BCUT2D eigenvalue weighted by atomic mass is 15.3. The third kappa shape index (κ3) is 4.20. The van der Waals surface area contributed by atoms with Crippen LogP contribution in [0.2, 0.25) is 0 Å². The summed E-state index contributed by atoms with van der Waals surface area (Å²) in [5.41, 5.74) is 2.19. The van der Waals surface area contributed by atoms with Crippen LogP contribution in [0.5, 0.6) is 0 Å². The molecule has 1 unspecified atom stereocenters. The molecule has 0 radical (unpaired) electrons. The predicted octanol–water partition coefficient (Wildman–Crippen LogP) is 2.83. The minimum absolute atomic E-state index is 0.420. The van der Waals surface area contributed by atoms with Gasteiger partial charge in [0.2, 0.25) is 0 Å². The van der Waals surface area contributed by atoms with Gasteiger partial charge in [0.15, 0.2) is 17.4 Å². The Bertz CT molecular complexity index is 853. The van der Waals surface area contributed by atoms with E-state index in [1.165, 1.54) is 5.56 Å². The molecule has 0 aliphatic carbocycles. The number of benzene rings is 1. The van der Waals surface area contributed by atoms with Crippen LogP contribution in [-0.4, -0.2) is 34.2 Å². The second kappa shape index (κ2) is 8.47. The van der Waals surface area contributed by atoms with Crippen LogP contribution in [0.15, 0.2) is 59.7 Å². The molecular formula is C20H26N6. The first-order valence-electron chi connectivity index (χ1n) is 8.97.